The van der Waals surface area contributed by atoms with Crippen molar-refractivity contribution >= 4 is 17.0 Å². The Labute approximate surface area is 183 Å². The van der Waals surface area contributed by atoms with Crippen LogP contribution in [0.25, 0.3) is 11.0 Å². The Hall–Kier alpha value is -2.21. The minimum atomic E-state index is -1.24. The molecule has 2 aromatic rings. The second-order valence-electron chi connectivity index (χ2n) is 10.6. The second kappa shape index (κ2) is 7.73. The monoisotopic (exact) mass is 423 g/mol. The van der Waals surface area contributed by atoms with E-state index >= 15 is 0 Å². The first-order chi connectivity index (χ1) is 14.8. The topological polar surface area (TPSA) is 75.4 Å². The van der Waals surface area contributed by atoms with Crippen LogP contribution < -0.4 is 5.56 Å². The van der Waals surface area contributed by atoms with Gasteiger partial charge in [-0.2, -0.15) is 0 Å². The molecule has 3 aliphatic rings. The maximum absolute atomic E-state index is 13.2. The van der Waals surface area contributed by atoms with Gasteiger partial charge in [-0.15, -0.1) is 0 Å². The number of aromatic carboxylic acids is 1. The lowest BCUT2D eigenvalue weighted by Crippen LogP contribution is -2.58. The number of fused-ring (bicyclic) bond motifs is 3. The molecule has 166 valence electrons. The first-order valence-corrected chi connectivity index (χ1v) is 11.9. The number of piperidine rings is 2. The number of nitrogens with zero attached hydrogens (tertiary/aromatic N) is 3. The Morgan fingerprint density at radius 2 is 1.65 bits per heavy atom. The summed E-state index contributed by atoms with van der Waals surface area (Å²) in [6.45, 7) is 4.77. The molecule has 0 spiro atoms. The van der Waals surface area contributed by atoms with Gasteiger partial charge in [-0.1, -0.05) is 32.4 Å². The number of carboxylic acid groups (broad SMARTS) is 1. The molecule has 3 heterocycles. The zero-order chi connectivity index (χ0) is 21.8. The molecule has 31 heavy (non-hydrogen) atoms. The highest BCUT2D eigenvalue weighted by Gasteiger charge is 2.44. The summed E-state index contributed by atoms with van der Waals surface area (Å²) in [6.07, 6.45) is 10.6. The fourth-order valence-electron chi connectivity index (χ4n) is 6.53. The molecule has 2 bridgehead atoms. The van der Waals surface area contributed by atoms with Gasteiger partial charge in [-0.3, -0.25) is 9.69 Å². The lowest BCUT2D eigenvalue weighted by atomic mass is 9.72. The Balaban J connectivity index is 1.49. The van der Waals surface area contributed by atoms with Gasteiger partial charge >= 0.3 is 5.97 Å². The van der Waals surface area contributed by atoms with Crippen LogP contribution in [0.4, 0.5) is 0 Å². The number of carbonyl (C=O) groups is 1. The van der Waals surface area contributed by atoms with E-state index in [1.165, 1.54) is 44.9 Å². The summed E-state index contributed by atoms with van der Waals surface area (Å²) < 4.78 is 1.76. The molecule has 5 rings (SSSR count). The van der Waals surface area contributed by atoms with E-state index in [0.29, 0.717) is 29.1 Å². The van der Waals surface area contributed by atoms with Crippen molar-refractivity contribution in [2.24, 2.45) is 5.41 Å². The van der Waals surface area contributed by atoms with Crippen LogP contribution in [-0.2, 0) is 0 Å². The van der Waals surface area contributed by atoms with Crippen molar-refractivity contribution in [3.05, 3.63) is 40.3 Å². The molecule has 6 heteroatoms. The van der Waals surface area contributed by atoms with Crippen molar-refractivity contribution in [3.63, 3.8) is 0 Å². The number of benzene rings is 1. The van der Waals surface area contributed by atoms with E-state index in [4.69, 9.17) is 0 Å². The molecule has 1 aromatic carbocycles. The van der Waals surface area contributed by atoms with Crippen LogP contribution in [-0.4, -0.2) is 43.7 Å². The third-order valence-electron chi connectivity index (χ3n) is 8.10. The molecule has 1 aliphatic carbocycles. The van der Waals surface area contributed by atoms with Crippen LogP contribution in [0.5, 0.6) is 0 Å². The van der Waals surface area contributed by atoms with Crippen molar-refractivity contribution in [1.82, 2.24) is 14.5 Å². The lowest BCUT2D eigenvalue weighted by Gasteiger charge is -2.54. The van der Waals surface area contributed by atoms with Gasteiger partial charge in [-0.05, 0) is 68.9 Å². The average molecular weight is 424 g/mol. The molecular formula is C25H33N3O3. The normalized spacial score (nSPS) is 29.2. The van der Waals surface area contributed by atoms with Crippen molar-refractivity contribution in [1.29, 1.82) is 0 Å². The molecule has 1 unspecified atom stereocenters. The largest absolute Gasteiger partial charge is 0.476 e. The van der Waals surface area contributed by atoms with E-state index < -0.39 is 11.5 Å². The van der Waals surface area contributed by atoms with E-state index in [-0.39, 0.29) is 11.7 Å². The molecule has 2 aliphatic heterocycles. The summed E-state index contributed by atoms with van der Waals surface area (Å²) in [5.74, 6) is -1.24. The number of hydrogen-bond acceptors (Lipinski definition) is 4. The highest BCUT2D eigenvalue weighted by Crippen LogP contribution is 2.45. The van der Waals surface area contributed by atoms with Crippen LogP contribution >= 0.6 is 0 Å². The quantitative estimate of drug-likeness (QED) is 0.779. The molecule has 1 saturated carbocycles. The van der Waals surface area contributed by atoms with Crippen molar-refractivity contribution in [3.8, 4) is 0 Å². The van der Waals surface area contributed by atoms with E-state index in [9.17, 15) is 14.7 Å². The number of carboxylic acids is 1. The summed E-state index contributed by atoms with van der Waals surface area (Å²) in [6, 6.07) is 9.11. The molecule has 3 fully saturated rings. The Kier molecular flexibility index (Phi) is 5.16. The fourth-order valence-corrected chi connectivity index (χ4v) is 6.53. The minimum absolute atomic E-state index is 0.0325. The first-order valence-electron chi connectivity index (χ1n) is 11.9. The van der Waals surface area contributed by atoms with Crippen LogP contribution in [0, 0.1) is 5.41 Å². The smallest absolute Gasteiger partial charge is 0.360 e. The zero-order valence-corrected chi connectivity index (χ0v) is 18.6. The molecule has 1 N–H and O–H groups in total. The number of rotatable bonds is 3. The van der Waals surface area contributed by atoms with E-state index in [0.717, 1.165) is 18.4 Å². The maximum atomic E-state index is 13.2. The highest BCUT2D eigenvalue weighted by molar-refractivity contribution is 5.88. The Morgan fingerprint density at radius 1 is 1.00 bits per heavy atom. The second-order valence-corrected chi connectivity index (χ2v) is 10.6. The summed E-state index contributed by atoms with van der Waals surface area (Å²) >= 11 is 0. The van der Waals surface area contributed by atoms with E-state index in [1.54, 1.807) is 10.6 Å². The van der Waals surface area contributed by atoms with Crippen molar-refractivity contribution < 1.29 is 9.90 Å². The van der Waals surface area contributed by atoms with E-state index in [1.807, 2.05) is 18.2 Å². The Morgan fingerprint density at radius 3 is 2.29 bits per heavy atom. The number of aromatic nitrogens is 2. The lowest BCUT2D eigenvalue weighted by molar-refractivity contribution is -0.0377. The van der Waals surface area contributed by atoms with Crippen LogP contribution in [0.2, 0.25) is 0 Å². The highest BCUT2D eigenvalue weighted by atomic mass is 16.4. The van der Waals surface area contributed by atoms with Gasteiger partial charge in [0.25, 0.3) is 5.56 Å². The standard InChI is InChI=1S/C25H33N3O3/c1-25(2)12-10-16(11-13-25)27-17-6-5-7-18(27)15-19(14-17)28-21-9-4-3-8-20(21)26-22(23(28)29)24(30)31/h3-4,8-9,16-19H,5-7,10-15H2,1-2H3,(H,30,31)/t17-,18+,19?. The van der Waals surface area contributed by atoms with E-state index in [2.05, 4.69) is 23.7 Å². The van der Waals surface area contributed by atoms with Crippen molar-refractivity contribution in [2.45, 2.75) is 95.8 Å². The molecule has 6 nitrogen and oxygen atoms in total. The summed E-state index contributed by atoms with van der Waals surface area (Å²) in [5.41, 5.74) is 0.985. The Bertz CT molecular complexity index is 1040. The number of para-hydroxylation sites is 2. The maximum Gasteiger partial charge on any atom is 0.360 e. The van der Waals surface area contributed by atoms with Gasteiger partial charge in [0.2, 0.25) is 5.69 Å². The van der Waals surface area contributed by atoms with Gasteiger partial charge in [-0.25, -0.2) is 9.78 Å². The van der Waals surface area contributed by atoms with Crippen LogP contribution in [0.15, 0.2) is 29.1 Å². The summed E-state index contributed by atoms with van der Waals surface area (Å²) in [7, 11) is 0. The van der Waals surface area contributed by atoms with Crippen LogP contribution in [0.1, 0.15) is 88.2 Å². The first kappa shape index (κ1) is 20.7. The number of hydrogen-bond donors (Lipinski definition) is 1. The van der Waals surface area contributed by atoms with Gasteiger partial charge in [0.15, 0.2) is 0 Å². The zero-order valence-electron chi connectivity index (χ0n) is 18.6. The van der Waals surface area contributed by atoms with Crippen LogP contribution in [0.3, 0.4) is 0 Å². The SMILES string of the molecule is CC1(C)CCC(N2[C@@H]3CCC[C@H]2CC(n2c(=O)c(C(=O)O)nc4ccccc42)C3)CC1. The molecule has 0 radical (unpaired) electrons. The summed E-state index contributed by atoms with van der Waals surface area (Å²) in [4.78, 5) is 31.9. The van der Waals surface area contributed by atoms with Gasteiger partial charge < -0.3 is 9.67 Å². The minimum Gasteiger partial charge on any atom is -0.476 e. The molecule has 2 saturated heterocycles. The fraction of sp³-hybridized carbons (Fsp3) is 0.640. The average Bonchev–Trinajstić information content (AvgIpc) is 2.72. The molecule has 0 amide bonds. The van der Waals surface area contributed by atoms with Gasteiger partial charge in [0.1, 0.15) is 0 Å². The predicted octanol–water partition coefficient (Wildman–Crippen LogP) is 4.62. The van der Waals surface area contributed by atoms with Gasteiger partial charge in [0.05, 0.1) is 11.0 Å². The third kappa shape index (κ3) is 3.69. The van der Waals surface area contributed by atoms with Gasteiger partial charge in [0, 0.05) is 24.2 Å². The summed E-state index contributed by atoms with van der Waals surface area (Å²) in [5, 5.41) is 9.58. The molecule has 1 aromatic heterocycles. The third-order valence-corrected chi connectivity index (χ3v) is 8.10. The molecule has 3 atom stereocenters. The predicted molar refractivity (Wildman–Crippen MR) is 121 cm³/mol. The molecular weight excluding hydrogens is 390 g/mol. The van der Waals surface area contributed by atoms with Crippen molar-refractivity contribution in [2.75, 3.05) is 0 Å².